The molecule has 0 spiro atoms. The molecule has 2 saturated carbocycles. The summed E-state index contributed by atoms with van der Waals surface area (Å²) in [5.74, 6) is 2.28. The standard InChI is InChI=1S/C12H23NO2S/c1-13-9-12(4-3-5-16(2,14)15)7-10-6-11(10)8-12/h10-11,13H,3-9H2,1-2H3. The first-order valence-corrected chi connectivity index (χ1v) is 8.32. The Labute approximate surface area is 98.9 Å². The Morgan fingerprint density at radius 1 is 1.31 bits per heavy atom. The zero-order valence-electron chi connectivity index (χ0n) is 10.3. The molecule has 0 amide bonds. The third-order valence-electron chi connectivity index (χ3n) is 4.23. The van der Waals surface area contributed by atoms with E-state index >= 15 is 0 Å². The SMILES string of the molecule is CNCC1(CCCS(C)(=O)=O)CC2CC2C1. The molecule has 0 radical (unpaired) electrons. The van der Waals surface area contributed by atoms with Gasteiger partial charge in [0.05, 0.1) is 0 Å². The first kappa shape index (κ1) is 12.4. The third kappa shape index (κ3) is 2.98. The van der Waals surface area contributed by atoms with E-state index in [0.29, 0.717) is 11.2 Å². The molecule has 0 aromatic heterocycles. The highest BCUT2D eigenvalue weighted by molar-refractivity contribution is 7.90. The van der Waals surface area contributed by atoms with Gasteiger partial charge in [-0.25, -0.2) is 8.42 Å². The van der Waals surface area contributed by atoms with Crippen LogP contribution in [0.15, 0.2) is 0 Å². The summed E-state index contributed by atoms with van der Waals surface area (Å²) >= 11 is 0. The van der Waals surface area contributed by atoms with Crippen molar-refractivity contribution in [1.29, 1.82) is 0 Å². The zero-order valence-corrected chi connectivity index (χ0v) is 11.1. The van der Waals surface area contributed by atoms with Gasteiger partial charge in [-0.15, -0.1) is 0 Å². The highest BCUT2D eigenvalue weighted by atomic mass is 32.2. The maximum absolute atomic E-state index is 11.1. The smallest absolute Gasteiger partial charge is 0.147 e. The van der Waals surface area contributed by atoms with E-state index in [1.54, 1.807) is 0 Å². The minimum atomic E-state index is -2.78. The largest absolute Gasteiger partial charge is 0.319 e. The Hall–Kier alpha value is -0.0900. The summed E-state index contributed by atoms with van der Waals surface area (Å²) in [5.41, 5.74) is 0.410. The van der Waals surface area contributed by atoms with E-state index in [4.69, 9.17) is 0 Å². The van der Waals surface area contributed by atoms with Crippen molar-refractivity contribution >= 4 is 9.84 Å². The van der Waals surface area contributed by atoms with Crippen molar-refractivity contribution in [1.82, 2.24) is 5.32 Å². The van der Waals surface area contributed by atoms with Crippen LogP contribution in [0.1, 0.15) is 32.1 Å². The summed E-state index contributed by atoms with van der Waals surface area (Å²) in [6.45, 7) is 1.06. The van der Waals surface area contributed by atoms with E-state index in [2.05, 4.69) is 5.32 Å². The van der Waals surface area contributed by atoms with Crippen molar-refractivity contribution in [2.45, 2.75) is 32.1 Å². The summed E-state index contributed by atoms with van der Waals surface area (Å²) in [5, 5.41) is 3.29. The second-order valence-electron chi connectivity index (χ2n) is 5.93. The second kappa shape index (κ2) is 4.30. The molecular weight excluding hydrogens is 222 g/mol. The second-order valence-corrected chi connectivity index (χ2v) is 8.19. The molecule has 94 valence electrons. The average molecular weight is 245 g/mol. The maximum Gasteiger partial charge on any atom is 0.147 e. The highest BCUT2D eigenvalue weighted by Crippen LogP contribution is 2.61. The number of nitrogens with one attached hydrogen (secondary N) is 1. The molecule has 2 aliphatic carbocycles. The van der Waals surface area contributed by atoms with E-state index in [0.717, 1.165) is 31.2 Å². The minimum Gasteiger partial charge on any atom is -0.319 e. The summed E-state index contributed by atoms with van der Waals surface area (Å²) in [4.78, 5) is 0. The number of hydrogen-bond acceptors (Lipinski definition) is 3. The van der Waals surface area contributed by atoms with Gasteiger partial charge in [-0.05, 0) is 56.4 Å². The van der Waals surface area contributed by atoms with Crippen LogP contribution in [0, 0.1) is 17.3 Å². The van der Waals surface area contributed by atoms with Crippen LogP contribution >= 0.6 is 0 Å². The molecule has 3 nitrogen and oxygen atoms in total. The molecule has 2 atom stereocenters. The Kier molecular flexibility index (Phi) is 3.32. The van der Waals surface area contributed by atoms with Crippen LogP contribution in [0.25, 0.3) is 0 Å². The zero-order chi connectivity index (χ0) is 11.8. The van der Waals surface area contributed by atoms with Crippen molar-refractivity contribution in [3.63, 3.8) is 0 Å². The van der Waals surface area contributed by atoms with Crippen LogP contribution in [0.4, 0.5) is 0 Å². The molecule has 0 aromatic rings. The molecule has 16 heavy (non-hydrogen) atoms. The van der Waals surface area contributed by atoms with E-state index in [1.165, 1.54) is 25.5 Å². The van der Waals surface area contributed by atoms with Crippen molar-refractivity contribution in [2.75, 3.05) is 25.6 Å². The molecule has 2 rings (SSSR count). The molecular formula is C12H23NO2S. The summed E-state index contributed by atoms with van der Waals surface area (Å²) in [6.07, 6.45) is 7.32. The molecule has 0 saturated heterocycles. The molecule has 2 fully saturated rings. The quantitative estimate of drug-likeness (QED) is 0.770. The highest BCUT2D eigenvalue weighted by Gasteiger charge is 2.52. The van der Waals surface area contributed by atoms with Crippen molar-refractivity contribution in [2.24, 2.45) is 17.3 Å². The fraction of sp³-hybridized carbons (Fsp3) is 1.00. The fourth-order valence-corrected chi connectivity index (χ4v) is 4.20. The lowest BCUT2D eigenvalue weighted by molar-refractivity contribution is 0.234. The van der Waals surface area contributed by atoms with Gasteiger partial charge in [0.15, 0.2) is 0 Å². The molecule has 0 bridgehead atoms. The molecule has 2 unspecified atom stereocenters. The summed E-state index contributed by atoms with van der Waals surface area (Å²) in [7, 11) is -0.778. The Morgan fingerprint density at radius 3 is 2.44 bits per heavy atom. The van der Waals surface area contributed by atoms with Crippen LogP contribution < -0.4 is 5.32 Å². The van der Waals surface area contributed by atoms with E-state index < -0.39 is 9.84 Å². The number of rotatable bonds is 6. The molecule has 0 aromatic carbocycles. The van der Waals surface area contributed by atoms with Gasteiger partial charge in [0.2, 0.25) is 0 Å². The predicted molar refractivity (Wildman–Crippen MR) is 66.1 cm³/mol. The van der Waals surface area contributed by atoms with Crippen molar-refractivity contribution in [3.8, 4) is 0 Å². The maximum atomic E-state index is 11.1. The Morgan fingerprint density at radius 2 is 1.94 bits per heavy atom. The van der Waals surface area contributed by atoms with Gasteiger partial charge in [-0.3, -0.25) is 0 Å². The molecule has 2 aliphatic rings. The van der Waals surface area contributed by atoms with Crippen LogP contribution in [-0.4, -0.2) is 34.0 Å². The van der Waals surface area contributed by atoms with Gasteiger partial charge in [-0.1, -0.05) is 0 Å². The molecule has 4 heteroatoms. The lowest BCUT2D eigenvalue weighted by Crippen LogP contribution is -2.31. The first-order chi connectivity index (χ1) is 7.44. The average Bonchev–Trinajstić information content (AvgIpc) is 2.73. The van der Waals surface area contributed by atoms with E-state index in [9.17, 15) is 8.42 Å². The van der Waals surface area contributed by atoms with Crippen LogP contribution in [0.2, 0.25) is 0 Å². The fourth-order valence-electron chi connectivity index (χ4n) is 3.53. The van der Waals surface area contributed by atoms with Crippen LogP contribution in [0.5, 0.6) is 0 Å². The summed E-state index contributed by atoms with van der Waals surface area (Å²) < 4.78 is 22.2. The number of sulfone groups is 1. The predicted octanol–water partition coefficient (Wildman–Crippen LogP) is 1.45. The van der Waals surface area contributed by atoms with Gasteiger partial charge in [0, 0.05) is 18.6 Å². The Bertz CT molecular complexity index is 340. The Balaban J connectivity index is 1.84. The third-order valence-corrected chi connectivity index (χ3v) is 5.26. The monoisotopic (exact) mass is 245 g/mol. The van der Waals surface area contributed by atoms with Gasteiger partial charge < -0.3 is 5.32 Å². The van der Waals surface area contributed by atoms with Gasteiger partial charge >= 0.3 is 0 Å². The van der Waals surface area contributed by atoms with Gasteiger partial charge in [-0.2, -0.15) is 0 Å². The molecule has 1 N–H and O–H groups in total. The first-order valence-electron chi connectivity index (χ1n) is 6.26. The van der Waals surface area contributed by atoms with Crippen molar-refractivity contribution in [3.05, 3.63) is 0 Å². The van der Waals surface area contributed by atoms with E-state index in [1.807, 2.05) is 7.05 Å². The number of fused-ring (bicyclic) bond motifs is 1. The van der Waals surface area contributed by atoms with E-state index in [-0.39, 0.29) is 0 Å². The van der Waals surface area contributed by atoms with Crippen LogP contribution in [-0.2, 0) is 9.84 Å². The lowest BCUT2D eigenvalue weighted by atomic mass is 9.79. The molecule has 0 heterocycles. The van der Waals surface area contributed by atoms with Gasteiger partial charge in [0.25, 0.3) is 0 Å². The number of hydrogen-bond donors (Lipinski definition) is 1. The normalized spacial score (nSPS) is 37.4. The minimum absolute atomic E-state index is 0.355. The van der Waals surface area contributed by atoms with Crippen molar-refractivity contribution < 1.29 is 8.42 Å². The molecule has 0 aliphatic heterocycles. The van der Waals surface area contributed by atoms with Crippen LogP contribution in [0.3, 0.4) is 0 Å². The topological polar surface area (TPSA) is 46.2 Å². The van der Waals surface area contributed by atoms with Gasteiger partial charge in [0.1, 0.15) is 9.84 Å². The lowest BCUT2D eigenvalue weighted by Gasteiger charge is -2.30. The summed E-state index contributed by atoms with van der Waals surface area (Å²) in [6, 6.07) is 0.